The molecule has 0 aromatic carbocycles. The van der Waals surface area contributed by atoms with Gasteiger partial charge in [-0.1, -0.05) is 11.6 Å². The Bertz CT molecular complexity index is 490. The average Bonchev–Trinajstić information content (AvgIpc) is 2.65. The molecule has 0 radical (unpaired) electrons. The van der Waals surface area contributed by atoms with Crippen LogP contribution in [0.25, 0.3) is 11.4 Å². The van der Waals surface area contributed by atoms with Crippen LogP contribution in [0.5, 0.6) is 0 Å². The second-order valence-corrected chi connectivity index (χ2v) is 3.95. The zero-order valence-electron chi connectivity index (χ0n) is 8.56. The summed E-state index contributed by atoms with van der Waals surface area (Å²) >= 11 is 0. The summed E-state index contributed by atoms with van der Waals surface area (Å²) in [7, 11) is 0. The third-order valence-corrected chi connectivity index (χ3v) is 2.88. The van der Waals surface area contributed by atoms with E-state index in [1.54, 1.807) is 6.07 Å². The minimum Gasteiger partial charge on any atom is -0.339 e. The summed E-state index contributed by atoms with van der Waals surface area (Å²) in [6.07, 6.45) is 4.86. The molecule has 0 N–H and O–H groups in total. The van der Waals surface area contributed by atoms with Crippen molar-refractivity contribution in [2.45, 2.75) is 25.2 Å². The van der Waals surface area contributed by atoms with Gasteiger partial charge in [0.2, 0.25) is 17.7 Å². The van der Waals surface area contributed by atoms with Crippen LogP contribution in [0.3, 0.4) is 0 Å². The summed E-state index contributed by atoms with van der Waals surface area (Å²) in [5.74, 6) is 1.07. The minimum absolute atomic E-state index is 0.412. The molecule has 2 aromatic heterocycles. The highest BCUT2D eigenvalue weighted by Crippen LogP contribution is 2.35. The lowest BCUT2D eigenvalue weighted by molar-refractivity contribution is 0.292. The van der Waals surface area contributed by atoms with Gasteiger partial charge in [-0.3, -0.25) is 0 Å². The first-order valence-electron chi connectivity index (χ1n) is 5.28. The Hall–Kier alpha value is -1.78. The molecule has 0 bridgehead atoms. The van der Waals surface area contributed by atoms with E-state index in [2.05, 4.69) is 15.1 Å². The molecule has 1 aliphatic rings. The SMILES string of the molecule is Fc1ccc(-c2noc(C3CCC3)n2)cn1. The van der Waals surface area contributed by atoms with Gasteiger partial charge >= 0.3 is 0 Å². The highest BCUT2D eigenvalue weighted by atomic mass is 19.1. The summed E-state index contributed by atoms with van der Waals surface area (Å²) in [6, 6.07) is 2.88. The van der Waals surface area contributed by atoms with Crippen molar-refractivity contribution < 1.29 is 8.91 Å². The van der Waals surface area contributed by atoms with E-state index in [0.29, 0.717) is 23.2 Å². The van der Waals surface area contributed by atoms with Crippen molar-refractivity contribution in [2.75, 3.05) is 0 Å². The Kier molecular flexibility index (Phi) is 2.16. The van der Waals surface area contributed by atoms with Gasteiger partial charge in [0.15, 0.2) is 0 Å². The monoisotopic (exact) mass is 219 g/mol. The van der Waals surface area contributed by atoms with Gasteiger partial charge in [-0.05, 0) is 25.0 Å². The summed E-state index contributed by atoms with van der Waals surface area (Å²) in [5.41, 5.74) is 0.677. The van der Waals surface area contributed by atoms with Crippen molar-refractivity contribution in [1.82, 2.24) is 15.1 Å². The molecular weight excluding hydrogens is 209 g/mol. The fourth-order valence-corrected chi connectivity index (χ4v) is 1.68. The third-order valence-electron chi connectivity index (χ3n) is 2.88. The predicted octanol–water partition coefficient (Wildman–Crippen LogP) is 2.54. The molecule has 5 heteroatoms. The van der Waals surface area contributed by atoms with E-state index in [-0.39, 0.29) is 0 Å². The Morgan fingerprint density at radius 1 is 1.31 bits per heavy atom. The fourth-order valence-electron chi connectivity index (χ4n) is 1.68. The van der Waals surface area contributed by atoms with Gasteiger partial charge in [-0.2, -0.15) is 9.37 Å². The number of hydrogen-bond donors (Lipinski definition) is 0. The van der Waals surface area contributed by atoms with E-state index in [9.17, 15) is 4.39 Å². The number of nitrogens with zero attached hydrogens (tertiary/aromatic N) is 3. The van der Waals surface area contributed by atoms with Crippen molar-refractivity contribution in [3.05, 3.63) is 30.2 Å². The molecule has 0 atom stereocenters. The Morgan fingerprint density at radius 3 is 2.81 bits per heavy atom. The van der Waals surface area contributed by atoms with Crippen molar-refractivity contribution in [1.29, 1.82) is 0 Å². The molecule has 82 valence electrons. The molecule has 4 nitrogen and oxygen atoms in total. The average molecular weight is 219 g/mol. The molecule has 2 aromatic rings. The third kappa shape index (κ3) is 1.58. The van der Waals surface area contributed by atoms with Crippen LogP contribution in [0, 0.1) is 5.95 Å². The Balaban J connectivity index is 1.88. The van der Waals surface area contributed by atoms with Crippen molar-refractivity contribution >= 4 is 0 Å². The van der Waals surface area contributed by atoms with Crippen LogP contribution in [0.2, 0.25) is 0 Å². The molecule has 0 aliphatic heterocycles. The molecule has 0 spiro atoms. The lowest BCUT2D eigenvalue weighted by Crippen LogP contribution is -2.08. The minimum atomic E-state index is -0.508. The molecule has 3 rings (SSSR count). The molecule has 2 heterocycles. The topological polar surface area (TPSA) is 51.8 Å². The summed E-state index contributed by atoms with van der Waals surface area (Å²) in [6.45, 7) is 0. The maximum Gasteiger partial charge on any atom is 0.230 e. The predicted molar refractivity (Wildman–Crippen MR) is 54.1 cm³/mol. The van der Waals surface area contributed by atoms with Gasteiger partial charge in [0.1, 0.15) is 0 Å². The van der Waals surface area contributed by atoms with Crippen molar-refractivity contribution in [3.63, 3.8) is 0 Å². The molecule has 16 heavy (non-hydrogen) atoms. The van der Waals surface area contributed by atoms with Gasteiger partial charge in [-0.15, -0.1) is 0 Å². The van der Waals surface area contributed by atoms with Crippen LogP contribution >= 0.6 is 0 Å². The van der Waals surface area contributed by atoms with E-state index in [4.69, 9.17) is 4.52 Å². The van der Waals surface area contributed by atoms with Gasteiger partial charge in [-0.25, -0.2) is 4.98 Å². The fraction of sp³-hybridized carbons (Fsp3) is 0.364. The molecular formula is C11H10FN3O. The quantitative estimate of drug-likeness (QED) is 0.728. The van der Waals surface area contributed by atoms with E-state index in [1.165, 1.54) is 18.7 Å². The molecule has 1 fully saturated rings. The van der Waals surface area contributed by atoms with Crippen LogP contribution in [0.15, 0.2) is 22.9 Å². The van der Waals surface area contributed by atoms with Crippen LogP contribution in [-0.2, 0) is 0 Å². The van der Waals surface area contributed by atoms with Crippen molar-refractivity contribution in [2.24, 2.45) is 0 Å². The van der Waals surface area contributed by atoms with Crippen LogP contribution in [-0.4, -0.2) is 15.1 Å². The smallest absolute Gasteiger partial charge is 0.230 e. The van der Waals surface area contributed by atoms with Crippen LogP contribution in [0.4, 0.5) is 4.39 Å². The summed E-state index contributed by atoms with van der Waals surface area (Å²) < 4.78 is 17.8. The zero-order chi connectivity index (χ0) is 11.0. The van der Waals surface area contributed by atoms with Crippen LogP contribution in [0.1, 0.15) is 31.1 Å². The second-order valence-electron chi connectivity index (χ2n) is 3.95. The second kappa shape index (κ2) is 3.66. The van der Waals surface area contributed by atoms with E-state index < -0.39 is 5.95 Å². The van der Waals surface area contributed by atoms with E-state index in [0.717, 1.165) is 12.8 Å². The summed E-state index contributed by atoms with van der Waals surface area (Å²) in [4.78, 5) is 7.85. The number of hydrogen-bond acceptors (Lipinski definition) is 4. The normalized spacial score (nSPS) is 16.1. The maximum atomic E-state index is 12.6. The highest BCUT2D eigenvalue weighted by molar-refractivity contribution is 5.52. The maximum absolute atomic E-state index is 12.6. The Labute approximate surface area is 91.5 Å². The first-order valence-corrected chi connectivity index (χ1v) is 5.28. The van der Waals surface area contributed by atoms with Gasteiger partial charge in [0.05, 0.1) is 0 Å². The number of aromatic nitrogens is 3. The number of rotatable bonds is 2. The first kappa shape index (κ1) is 9.45. The number of pyridine rings is 1. The Morgan fingerprint density at radius 2 is 2.19 bits per heavy atom. The summed E-state index contributed by atoms with van der Waals surface area (Å²) in [5, 5.41) is 3.87. The zero-order valence-corrected chi connectivity index (χ0v) is 8.56. The molecule has 0 amide bonds. The highest BCUT2D eigenvalue weighted by Gasteiger charge is 2.25. The number of halogens is 1. The first-order chi connectivity index (χ1) is 7.83. The van der Waals surface area contributed by atoms with Gasteiger partial charge in [0, 0.05) is 17.7 Å². The lowest BCUT2D eigenvalue weighted by Gasteiger charge is -2.20. The molecule has 1 saturated carbocycles. The van der Waals surface area contributed by atoms with E-state index >= 15 is 0 Å². The molecule has 0 saturated heterocycles. The molecule has 1 aliphatic carbocycles. The van der Waals surface area contributed by atoms with Crippen molar-refractivity contribution in [3.8, 4) is 11.4 Å². The van der Waals surface area contributed by atoms with Gasteiger partial charge < -0.3 is 4.52 Å². The largest absolute Gasteiger partial charge is 0.339 e. The van der Waals surface area contributed by atoms with E-state index in [1.807, 2.05) is 0 Å². The molecule has 0 unspecified atom stereocenters. The van der Waals surface area contributed by atoms with Crippen LogP contribution < -0.4 is 0 Å². The lowest BCUT2D eigenvalue weighted by atomic mass is 9.85. The van der Waals surface area contributed by atoms with Gasteiger partial charge in [0.25, 0.3) is 0 Å². The standard InChI is InChI=1S/C11H10FN3O/c12-9-5-4-8(6-13-9)10-14-11(16-15-10)7-2-1-3-7/h4-7H,1-3H2.